The Kier molecular flexibility index (Phi) is 7.43. The Labute approximate surface area is 203 Å². The minimum Gasteiger partial charge on any atom is -0.456 e. The van der Waals surface area contributed by atoms with Gasteiger partial charge in [-0.1, -0.05) is 41.9 Å². The zero-order valence-electron chi connectivity index (χ0n) is 18.1. The predicted molar refractivity (Wildman–Crippen MR) is 133 cm³/mol. The van der Waals surface area contributed by atoms with Crippen LogP contribution in [0.15, 0.2) is 69.5 Å². The van der Waals surface area contributed by atoms with E-state index in [0.717, 1.165) is 53.8 Å². The fourth-order valence-electron chi connectivity index (χ4n) is 4.25. The van der Waals surface area contributed by atoms with Crippen molar-refractivity contribution < 1.29 is 13.6 Å². The fraction of sp³-hybridized carbons (Fsp3) is 0.269. The Bertz CT molecular complexity index is 1230. The molecule has 0 spiro atoms. The second-order valence-corrected chi connectivity index (χ2v) is 8.74. The van der Waals surface area contributed by atoms with Gasteiger partial charge in [-0.15, -0.1) is 12.4 Å². The number of carbonyl (C=O) groups is 1. The average molecular weight is 485 g/mol. The summed E-state index contributed by atoms with van der Waals surface area (Å²) in [5.74, 6) is 2.17. The number of amides is 1. The molecule has 0 atom stereocenters. The molecule has 1 amide bonds. The molecule has 0 bridgehead atoms. The van der Waals surface area contributed by atoms with Crippen molar-refractivity contribution >= 4 is 40.9 Å². The van der Waals surface area contributed by atoms with Crippen LogP contribution in [0.5, 0.6) is 0 Å². The topological polar surface area (TPSA) is 67.4 Å². The third-order valence-electron chi connectivity index (χ3n) is 5.98. The number of hydrogen-bond acceptors (Lipinski definition) is 4. The van der Waals surface area contributed by atoms with Gasteiger partial charge in [-0.05, 0) is 62.2 Å². The number of benzene rings is 2. The van der Waals surface area contributed by atoms with Crippen molar-refractivity contribution in [2.75, 3.05) is 19.6 Å². The third-order valence-corrected chi connectivity index (χ3v) is 6.19. The van der Waals surface area contributed by atoms with Gasteiger partial charge in [0.2, 0.25) is 0 Å². The first kappa shape index (κ1) is 23.4. The lowest BCUT2D eigenvalue weighted by molar-refractivity contribution is 0.0915. The van der Waals surface area contributed by atoms with Crippen LogP contribution < -0.4 is 10.6 Å². The van der Waals surface area contributed by atoms with Gasteiger partial charge in [0, 0.05) is 34.5 Å². The van der Waals surface area contributed by atoms with Crippen LogP contribution in [0.4, 0.5) is 0 Å². The smallest absolute Gasteiger partial charge is 0.287 e. The molecular weight excluding hydrogens is 459 g/mol. The van der Waals surface area contributed by atoms with E-state index in [0.29, 0.717) is 35.4 Å². The van der Waals surface area contributed by atoms with Crippen molar-refractivity contribution in [3.63, 3.8) is 0 Å². The number of fused-ring (bicyclic) bond motifs is 1. The first-order chi connectivity index (χ1) is 15.7. The molecule has 5 nitrogen and oxygen atoms in total. The predicted octanol–water partition coefficient (Wildman–Crippen LogP) is 6.09. The van der Waals surface area contributed by atoms with E-state index in [1.807, 2.05) is 54.6 Å². The summed E-state index contributed by atoms with van der Waals surface area (Å²) < 4.78 is 12.0. The number of halogens is 2. The van der Waals surface area contributed by atoms with Gasteiger partial charge in [0.25, 0.3) is 5.91 Å². The van der Waals surface area contributed by atoms with Gasteiger partial charge in [-0.3, -0.25) is 4.79 Å². The van der Waals surface area contributed by atoms with E-state index in [1.165, 1.54) is 0 Å². The summed E-state index contributed by atoms with van der Waals surface area (Å²) in [4.78, 5) is 12.5. The van der Waals surface area contributed by atoms with Crippen molar-refractivity contribution in [3.05, 3.63) is 82.8 Å². The van der Waals surface area contributed by atoms with Crippen LogP contribution in [0.25, 0.3) is 22.3 Å². The highest BCUT2D eigenvalue weighted by molar-refractivity contribution is 6.31. The van der Waals surface area contributed by atoms with E-state index in [4.69, 9.17) is 20.4 Å². The molecular formula is C26H26Cl2N2O3. The maximum Gasteiger partial charge on any atom is 0.287 e. The highest BCUT2D eigenvalue weighted by Crippen LogP contribution is 2.33. The van der Waals surface area contributed by atoms with Gasteiger partial charge < -0.3 is 19.5 Å². The Balaban J connectivity index is 0.00000259. The third kappa shape index (κ3) is 5.44. The molecule has 0 radical (unpaired) electrons. The van der Waals surface area contributed by atoms with Gasteiger partial charge in [0.1, 0.15) is 17.1 Å². The van der Waals surface area contributed by atoms with Crippen LogP contribution in [0, 0.1) is 5.92 Å². The zero-order valence-corrected chi connectivity index (χ0v) is 19.7. The molecule has 2 aromatic heterocycles. The summed E-state index contributed by atoms with van der Waals surface area (Å²) in [6.45, 7) is 2.71. The van der Waals surface area contributed by atoms with Crippen molar-refractivity contribution in [1.82, 2.24) is 10.6 Å². The van der Waals surface area contributed by atoms with Gasteiger partial charge in [0.05, 0.1) is 0 Å². The minimum absolute atomic E-state index is 0. The molecule has 5 rings (SSSR count). The van der Waals surface area contributed by atoms with Crippen molar-refractivity contribution in [1.29, 1.82) is 0 Å². The Morgan fingerprint density at radius 3 is 2.61 bits per heavy atom. The van der Waals surface area contributed by atoms with E-state index in [1.54, 1.807) is 6.07 Å². The maximum atomic E-state index is 12.5. The highest BCUT2D eigenvalue weighted by atomic mass is 35.5. The Hall–Kier alpha value is -2.73. The van der Waals surface area contributed by atoms with Crippen molar-refractivity contribution in [2.24, 2.45) is 5.92 Å². The van der Waals surface area contributed by atoms with Gasteiger partial charge >= 0.3 is 0 Å². The number of carbonyl (C=O) groups excluding carboxylic acids is 1. The van der Waals surface area contributed by atoms with Crippen LogP contribution in [0.2, 0.25) is 5.02 Å². The second kappa shape index (κ2) is 10.5. The molecule has 33 heavy (non-hydrogen) atoms. The Morgan fingerprint density at radius 2 is 1.82 bits per heavy atom. The van der Waals surface area contributed by atoms with Crippen molar-refractivity contribution in [2.45, 2.75) is 19.3 Å². The molecule has 1 fully saturated rings. The number of furan rings is 2. The van der Waals surface area contributed by atoms with E-state index >= 15 is 0 Å². The monoisotopic (exact) mass is 484 g/mol. The Morgan fingerprint density at radius 1 is 1.03 bits per heavy atom. The normalized spacial score (nSPS) is 14.2. The molecule has 7 heteroatoms. The van der Waals surface area contributed by atoms with Crippen LogP contribution in [0.3, 0.4) is 0 Å². The van der Waals surface area contributed by atoms with Crippen LogP contribution >= 0.6 is 24.0 Å². The lowest BCUT2D eigenvalue weighted by Gasteiger charge is -2.22. The molecule has 0 aliphatic carbocycles. The molecule has 172 valence electrons. The molecule has 1 aliphatic rings. The van der Waals surface area contributed by atoms with Crippen LogP contribution in [-0.4, -0.2) is 25.5 Å². The number of nitrogens with one attached hydrogen (secondary N) is 2. The summed E-state index contributed by atoms with van der Waals surface area (Å²) in [6, 6.07) is 19.3. The zero-order chi connectivity index (χ0) is 21.9. The van der Waals surface area contributed by atoms with E-state index in [9.17, 15) is 4.79 Å². The summed E-state index contributed by atoms with van der Waals surface area (Å²) in [5.41, 5.74) is 2.71. The SMILES string of the molecule is Cl.O=C(NCC1CCNCC1)c1ccc(Cc2cc(Cl)cc3cc(-c4ccccc4)oc23)o1. The van der Waals surface area contributed by atoms with E-state index in [2.05, 4.69) is 10.6 Å². The molecule has 2 N–H and O–H groups in total. The highest BCUT2D eigenvalue weighted by Gasteiger charge is 2.18. The summed E-state index contributed by atoms with van der Waals surface area (Å²) >= 11 is 6.38. The summed E-state index contributed by atoms with van der Waals surface area (Å²) in [6.07, 6.45) is 2.66. The van der Waals surface area contributed by atoms with Crippen LogP contribution in [0.1, 0.15) is 34.7 Å². The van der Waals surface area contributed by atoms with Gasteiger partial charge in [0.15, 0.2) is 5.76 Å². The lowest BCUT2D eigenvalue weighted by atomic mass is 9.98. The molecule has 4 aromatic rings. The largest absolute Gasteiger partial charge is 0.456 e. The van der Waals surface area contributed by atoms with Gasteiger partial charge in [-0.25, -0.2) is 0 Å². The lowest BCUT2D eigenvalue weighted by Crippen LogP contribution is -2.35. The number of rotatable bonds is 6. The first-order valence-corrected chi connectivity index (χ1v) is 11.4. The molecule has 0 saturated carbocycles. The van der Waals surface area contributed by atoms with E-state index in [-0.39, 0.29) is 18.3 Å². The summed E-state index contributed by atoms with van der Waals surface area (Å²) in [7, 11) is 0. The molecule has 0 unspecified atom stereocenters. The standard InChI is InChI=1S/C26H25ClN2O3.ClH/c27-21-12-19(25-20(13-21)15-24(32-25)18-4-2-1-3-5-18)14-22-6-7-23(31-22)26(30)29-16-17-8-10-28-11-9-17;/h1-7,12-13,15,17,28H,8-11,14,16H2,(H,29,30);1H. The van der Waals surface area contributed by atoms with Gasteiger partial charge in [-0.2, -0.15) is 0 Å². The van der Waals surface area contributed by atoms with Crippen molar-refractivity contribution in [3.8, 4) is 11.3 Å². The quantitative estimate of drug-likeness (QED) is 0.347. The average Bonchev–Trinajstić information content (AvgIpc) is 3.46. The van der Waals surface area contributed by atoms with E-state index < -0.39 is 0 Å². The molecule has 1 aliphatic heterocycles. The molecule has 1 saturated heterocycles. The number of piperidine rings is 1. The summed E-state index contributed by atoms with van der Waals surface area (Å²) in [5, 5.41) is 7.93. The van der Waals surface area contributed by atoms with Crippen LogP contribution in [-0.2, 0) is 6.42 Å². The molecule has 2 aromatic carbocycles. The number of hydrogen-bond donors (Lipinski definition) is 2. The first-order valence-electron chi connectivity index (χ1n) is 11.0. The fourth-order valence-corrected chi connectivity index (χ4v) is 4.50. The second-order valence-electron chi connectivity index (χ2n) is 8.31. The molecule has 3 heterocycles. The maximum absolute atomic E-state index is 12.5. The minimum atomic E-state index is -0.171.